The van der Waals surface area contributed by atoms with Crippen LogP contribution in [0.15, 0.2) is 0 Å². The van der Waals surface area contributed by atoms with Gasteiger partial charge in [-0.3, -0.25) is 24.1 Å². The molecular weight excluding hydrogens is 1040 g/mol. The van der Waals surface area contributed by atoms with Crippen molar-refractivity contribution in [1.29, 1.82) is 0 Å². The molecule has 0 bridgehead atoms. The van der Waals surface area contributed by atoms with Crippen molar-refractivity contribution in [1.82, 2.24) is 30.2 Å². The number of carbonyl (C=O) groups excluding carboxylic acids is 4. The predicted molar refractivity (Wildman–Crippen MR) is 352 cm³/mol. The zero-order valence-corrected chi connectivity index (χ0v) is 56.0. The van der Waals surface area contributed by atoms with Gasteiger partial charge in [-0.25, -0.2) is 0 Å². The van der Waals surface area contributed by atoms with Crippen LogP contribution >= 0.6 is 0 Å². The van der Waals surface area contributed by atoms with Crippen LogP contribution in [0.25, 0.3) is 0 Å². The molecule has 13 heteroatoms. The lowest BCUT2D eigenvalue weighted by molar-refractivity contribution is -0.144. The van der Waals surface area contributed by atoms with Gasteiger partial charge in [0.2, 0.25) is 11.8 Å². The number of amides is 2. The summed E-state index contributed by atoms with van der Waals surface area (Å²) in [6.07, 6.45) is 50.9. The van der Waals surface area contributed by atoms with Crippen LogP contribution < -0.4 is 10.6 Å². The Balaban J connectivity index is 4.74. The maximum Gasteiger partial charge on any atom is 0.305 e. The first kappa shape index (κ1) is 80.7. The highest BCUT2D eigenvalue weighted by molar-refractivity contribution is 5.76. The first-order valence-corrected chi connectivity index (χ1v) is 35.9. The Morgan fingerprint density at radius 1 is 0.337 bits per heavy atom. The van der Waals surface area contributed by atoms with E-state index in [-0.39, 0.29) is 29.9 Å². The fourth-order valence-electron chi connectivity index (χ4n) is 10.9. The van der Waals surface area contributed by atoms with Gasteiger partial charge in [0.1, 0.15) is 0 Å². The van der Waals surface area contributed by atoms with E-state index in [1.165, 1.54) is 186 Å². The maximum absolute atomic E-state index is 13.0. The summed E-state index contributed by atoms with van der Waals surface area (Å²) in [4.78, 5) is 59.9. The number of likely N-dealkylation sites (N-methyl/N-ethyl adjacent to an activating group) is 2. The molecule has 492 valence electrons. The molecule has 0 heterocycles. The van der Waals surface area contributed by atoms with Gasteiger partial charge in [0.05, 0.1) is 19.3 Å². The van der Waals surface area contributed by atoms with Crippen LogP contribution in [0.2, 0.25) is 0 Å². The average molecular weight is 1180 g/mol. The molecule has 3 N–H and O–H groups in total. The number of unbranched alkanes of at least 4 members (excludes halogenated alkanes) is 34. The monoisotopic (exact) mass is 1180 g/mol. The molecule has 83 heavy (non-hydrogen) atoms. The molecule has 0 spiro atoms. The minimum absolute atomic E-state index is 0.0378. The van der Waals surface area contributed by atoms with Crippen LogP contribution in [0.4, 0.5) is 0 Å². The highest BCUT2D eigenvalue weighted by Gasteiger charge is 2.15. The van der Waals surface area contributed by atoms with E-state index in [1.54, 1.807) is 0 Å². The second kappa shape index (κ2) is 64.2. The Hall–Kier alpha value is -2.32. The first-order chi connectivity index (χ1) is 40.5. The average Bonchev–Trinajstić information content (AvgIpc) is 3.48. The first-order valence-electron chi connectivity index (χ1n) is 35.9. The maximum atomic E-state index is 13.0. The number of nitrogens with zero attached hydrogens (tertiary/aromatic N) is 4. The van der Waals surface area contributed by atoms with Gasteiger partial charge >= 0.3 is 11.9 Å². The Labute approximate surface area is 514 Å². The SMILES string of the molecule is CCCCCCCCCCCCCCN(CCCCCC(=O)OCCCCCCCC)CCNC(=O)CCN(C)CCN(C)CCC(=O)NCCN(CCCCCC(=O)OCCCCCCCC)CC(O)CCCCCCCCCCCC. The summed E-state index contributed by atoms with van der Waals surface area (Å²) in [7, 11) is 4.11. The van der Waals surface area contributed by atoms with Crippen LogP contribution in [0.1, 0.15) is 317 Å². The second-order valence-electron chi connectivity index (χ2n) is 25.1. The van der Waals surface area contributed by atoms with Gasteiger partial charge in [0.15, 0.2) is 0 Å². The van der Waals surface area contributed by atoms with Crippen LogP contribution in [-0.2, 0) is 28.7 Å². The molecule has 0 saturated carbocycles. The highest BCUT2D eigenvalue weighted by atomic mass is 16.5. The summed E-state index contributed by atoms with van der Waals surface area (Å²) in [6, 6.07) is 0. The van der Waals surface area contributed by atoms with E-state index in [9.17, 15) is 24.3 Å². The van der Waals surface area contributed by atoms with Gasteiger partial charge < -0.3 is 39.9 Å². The Bertz CT molecular complexity index is 1410. The van der Waals surface area contributed by atoms with Crippen LogP contribution in [0.3, 0.4) is 0 Å². The zero-order valence-electron chi connectivity index (χ0n) is 56.0. The number of aliphatic hydroxyl groups is 1. The van der Waals surface area contributed by atoms with Crippen molar-refractivity contribution in [3.05, 3.63) is 0 Å². The standard InChI is InChI=1S/C70H140N6O7/c1-7-11-15-19-23-25-27-28-30-32-34-42-54-75(55-43-37-40-48-69(80)82-63-45-35-21-17-13-9-3)59-52-71-67(78)50-57-73(5)61-62-74(6)58-51-68(79)72-53-60-76(65-66(77)47-39-33-31-29-26-24-20-16-12-8-2)56-44-38-41-49-70(81)83-64-46-36-22-18-14-10-4/h66,77H,7-65H2,1-6H3,(H,71,78)(H,72,79). The van der Waals surface area contributed by atoms with E-state index in [4.69, 9.17) is 9.47 Å². The Kier molecular flexibility index (Phi) is 62.4. The largest absolute Gasteiger partial charge is 0.466 e. The van der Waals surface area contributed by atoms with Gasteiger partial charge in [-0.1, -0.05) is 240 Å². The fourth-order valence-corrected chi connectivity index (χ4v) is 10.9. The van der Waals surface area contributed by atoms with Gasteiger partial charge in [0.25, 0.3) is 0 Å². The fraction of sp³-hybridized carbons (Fsp3) is 0.943. The molecule has 1 unspecified atom stereocenters. The van der Waals surface area contributed by atoms with E-state index in [2.05, 4.69) is 72.0 Å². The molecule has 0 aromatic rings. The van der Waals surface area contributed by atoms with Crippen molar-refractivity contribution in [3.63, 3.8) is 0 Å². The Morgan fingerprint density at radius 2 is 0.639 bits per heavy atom. The number of esters is 2. The molecule has 0 fully saturated rings. The lowest BCUT2D eigenvalue weighted by atomic mass is 10.0. The molecule has 0 aliphatic heterocycles. The van der Waals surface area contributed by atoms with Crippen LogP contribution in [0.5, 0.6) is 0 Å². The van der Waals surface area contributed by atoms with E-state index in [0.29, 0.717) is 78.2 Å². The lowest BCUT2D eigenvalue weighted by Gasteiger charge is -2.25. The van der Waals surface area contributed by atoms with E-state index in [0.717, 1.165) is 116 Å². The van der Waals surface area contributed by atoms with Gasteiger partial charge in [0, 0.05) is 84.6 Å². The molecule has 0 aliphatic carbocycles. The molecule has 0 aromatic carbocycles. The van der Waals surface area contributed by atoms with Crippen molar-refractivity contribution in [2.45, 2.75) is 323 Å². The summed E-state index contributed by atoms with van der Waals surface area (Å²) in [5, 5.41) is 17.4. The molecule has 0 rings (SSSR count). The quantitative estimate of drug-likeness (QED) is 0.0395. The smallest absolute Gasteiger partial charge is 0.305 e. The van der Waals surface area contributed by atoms with Crippen LogP contribution in [-0.4, -0.2) is 160 Å². The number of carbonyl (C=O) groups is 4. The number of hydrogen-bond donors (Lipinski definition) is 3. The number of rotatable bonds is 67. The third-order valence-electron chi connectivity index (χ3n) is 16.7. The second-order valence-corrected chi connectivity index (χ2v) is 25.1. The van der Waals surface area contributed by atoms with Crippen molar-refractivity contribution in [2.24, 2.45) is 0 Å². The minimum atomic E-state index is -0.385. The molecule has 0 saturated heterocycles. The van der Waals surface area contributed by atoms with Gasteiger partial charge in [-0.15, -0.1) is 0 Å². The van der Waals surface area contributed by atoms with Crippen molar-refractivity contribution in [3.8, 4) is 0 Å². The minimum Gasteiger partial charge on any atom is -0.466 e. The topological polar surface area (TPSA) is 144 Å². The zero-order chi connectivity index (χ0) is 60.7. The summed E-state index contributed by atoms with van der Waals surface area (Å²) < 4.78 is 11.0. The van der Waals surface area contributed by atoms with Gasteiger partial charge in [-0.2, -0.15) is 0 Å². The molecule has 2 amide bonds. The molecule has 0 radical (unpaired) electrons. The predicted octanol–water partition coefficient (Wildman–Crippen LogP) is 15.8. The third kappa shape index (κ3) is 61.1. The molecule has 13 nitrogen and oxygen atoms in total. The number of nitrogens with one attached hydrogen (secondary N) is 2. The molecular formula is C70H140N6O7. The van der Waals surface area contributed by atoms with E-state index < -0.39 is 0 Å². The normalized spacial score (nSPS) is 12.1. The summed E-state index contributed by atoms with van der Waals surface area (Å²) in [5.41, 5.74) is 0. The van der Waals surface area contributed by atoms with Crippen LogP contribution in [0, 0.1) is 0 Å². The van der Waals surface area contributed by atoms with Gasteiger partial charge in [-0.05, 0) is 85.1 Å². The summed E-state index contributed by atoms with van der Waals surface area (Å²) >= 11 is 0. The Morgan fingerprint density at radius 3 is 1.01 bits per heavy atom. The molecule has 0 aromatic heterocycles. The summed E-state index contributed by atoms with van der Waals surface area (Å²) in [6.45, 7) is 19.2. The third-order valence-corrected chi connectivity index (χ3v) is 16.7. The number of aliphatic hydroxyl groups excluding tert-OH is 1. The lowest BCUT2D eigenvalue weighted by Crippen LogP contribution is -2.40. The van der Waals surface area contributed by atoms with Crippen molar-refractivity contribution < 1.29 is 33.8 Å². The van der Waals surface area contributed by atoms with Crippen molar-refractivity contribution in [2.75, 3.05) is 106 Å². The van der Waals surface area contributed by atoms with Crippen molar-refractivity contribution >= 4 is 23.8 Å². The highest BCUT2D eigenvalue weighted by Crippen LogP contribution is 2.16. The summed E-state index contributed by atoms with van der Waals surface area (Å²) in [5.74, 6) is -0.0225. The number of ether oxygens (including phenoxy) is 2. The number of hydrogen-bond acceptors (Lipinski definition) is 11. The van der Waals surface area contributed by atoms with E-state index >= 15 is 0 Å². The molecule has 1 atom stereocenters. The van der Waals surface area contributed by atoms with E-state index in [1.807, 2.05) is 0 Å². The molecule has 0 aliphatic rings.